The predicted octanol–water partition coefficient (Wildman–Crippen LogP) is 3.44. The van der Waals surface area contributed by atoms with Gasteiger partial charge in [0.15, 0.2) is 5.54 Å². The second-order valence-corrected chi connectivity index (χ2v) is 7.76. The largest absolute Gasteiger partial charge is 0.305 e. The Morgan fingerprint density at radius 1 is 1.13 bits per heavy atom. The molecule has 0 saturated heterocycles. The Bertz CT molecular complexity index is 570. The van der Waals surface area contributed by atoms with Crippen LogP contribution in [0, 0.1) is 17.2 Å². The summed E-state index contributed by atoms with van der Waals surface area (Å²) in [4.78, 5) is 0. The molecule has 1 N–H and O–H groups in total. The summed E-state index contributed by atoms with van der Waals surface area (Å²) in [6, 6.07) is 3.37. The van der Waals surface area contributed by atoms with Crippen molar-refractivity contribution in [2.24, 2.45) is 5.92 Å². The van der Waals surface area contributed by atoms with Gasteiger partial charge in [-0.3, -0.25) is 0 Å². The molecule has 5 heteroatoms. The van der Waals surface area contributed by atoms with Crippen molar-refractivity contribution in [2.75, 3.05) is 0 Å². The Labute approximate surface area is 138 Å². The van der Waals surface area contributed by atoms with Gasteiger partial charge >= 0.3 is 0 Å². The zero-order chi connectivity index (χ0) is 15.7. The quantitative estimate of drug-likeness (QED) is 0.904. The van der Waals surface area contributed by atoms with E-state index in [2.05, 4.69) is 27.9 Å². The van der Waals surface area contributed by atoms with Crippen molar-refractivity contribution in [1.82, 2.24) is 20.3 Å². The van der Waals surface area contributed by atoms with Crippen LogP contribution in [0.3, 0.4) is 0 Å². The van der Waals surface area contributed by atoms with E-state index in [1.807, 2.05) is 4.68 Å². The highest BCUT2D eigenvalue weighted by molar-refractivity contribution is 5.17. The van der Waals surface area contributed by atoms with E-state index < -0.39 is 5.54 Å². The standard InChI is InChI=1S/C18H27N5/c19-13-18(10-11-18)23-12-16(21-22-23)17(14-6-2-1-3-7-14)20-15-8-4-5-9-15/h12,14-15,17,20H,1-11H2. The van der Waals surface area contributed by atoms with Crippen LogP contribution in [0.25, 0.3) is 0 Å². The molecule has 0 amide bonds. The molecule has 4 rings (SSSR count). The maximum Gasteiger partial charge on any atom is 0.150 e. The van der Waals surface area contributed by atoms with Gasteiger partial charge in [-0.2, -0.15) is 5.26 Å². The molecule has 1 atom stereocenters. The van der Waals surface area contributed by atoms with Crippen molar-refractivity contribution < 1.29 is 0 Å². The van der Waals surface area contributed by atoms with E-state index in [1.54, 1.807) is 0 Å². The summed E-state index contributed by atoms with van der Waals surface area (Å²) in [5.74, 6) is 0.673. The van der Waals surface area contributed by atoms with E-state index >= 15 is 0 Å². The van der Waals surface area contributed by atoms with Gasteiger partial charge in [-0.15, -0.1) is 5.10 Å². The topological polar surface area (TPSA) is 66.5 Å². The summed E-state index contributed by atoms with van der Waals surface area (Å²) < 4.78 is 1.83. The summed E-state index contributed by atoms with van der Waals surface area (Å²) in [7, 11) is 0. The summed E-state index contributed by atoms with van der Waals surface area (Å²) >= 11 is 0. The normalized spacial score (nSPS) is 26.0. The molecule has 3 saturated carbocycles. The summed E-state index contributed by atoms with van der Waals surface area (Å²) in [5, 5.41) is 22.1. The molecule has 23 heavy (non-hydrogen) atoms. The van der Waals surface area contributed by atoms with E-state index in [4.69, 9.17) is 0 Å². The maximum atomic E-state index is 9.38. The van der Waals surface area contributed by atoms with Crippen LogP contribution in [0.15, 0.2) is 6.20 Å². The van der Waals surface area contributed by atoms with E-state index in [0.29, 0.717) is 18.0 Å². The molecule has 1 aromatic heterocycles. The molecule has 0 spiro atoms. The molecule has 3 aliphatic rings. The fourth-order valence-electron chi connectivity index (χ4n) is 4.42. The number of hydrogen-bond acceptors (Lipinski definition) is 4. The minimum atomic E-state index is -0.393. The first kappa shape index (κ1) is 15.1. The fourth-order valence-corrected chi connectivity index (χ4v) is 4.42. The van der Waals surface area contributed by atoms with Crippen LogP contribution in [-0.4, -0.2) is 21.0 Å². The number of nitrogens with one attached hydrogen (secondary N) is 1. The van der Waals surface area contributed by atoms with Crippen LogP contribution >= 0.6 is 0 Å². The molecule has 0 bridgehead atoms. The lowest BCUT2D eigenvalue weighted by atomic mass is 9.82. The SMILES string of the molecule is N#CC1(n2cc(C(NC3CCCC3)C3CCCCC3)nn2)CC1. The van der Waals surface area contributed by atoms with Crippen LogP contribution in [-0.2, 0) is 5.54 Å². The summed E-state index contributed by atoms with van der Waals surface area (Å²) in [6.07, 6.45) is 15.8. The molecule has 0 aliphatic heterocycles. The van der Waals surface area contributed by atoms with Crippen molar-refractivity contribution in [3.05, 3.63) is 11.9 Å². The van der Waals surface area contributed by atoms with Gasteiger partial charge in [0.1, 0.15) is 0 Å². The lowest BCUT2D eigenvalue weighted by Gasteiger charge is -2.32. The number of hydrogen-bond donors (Lipinski definition) is 1. The number of nitriles is 1. The van der Waals surface area contributed by atoms with E-state index in [0.717, 1.165) is 18.5 Å². The average Bonchev–Trinajstić information content (AvgIpc) is 3.00. The molecule has 0 aromatic carbocycles. The lowest BCUT2D eigenvalue weighted by Crippen LogP contribution is -2.36. The molecule has 3 fully saturated rings. The van der Waals surface area contributed by atoms with Gasteiger partial charge in [0.25, 0.3) is 0 Å². The highest BCUT2D eigenvalue weighted by Crippen LogP contribution is 2.43. The van der Waals surface area contributed by atoms with Gasteiger partial charge in [0.2, 0.25) is 0 Å². The van der Waals surface area contributed by atoms with E-state index in [9.17, 15) is 5.26 Å². The number of nitrogens with zero attached hydrogens (tertiary/aromatic N) is 4. The zero-order valence-electron chi connectivity index (χ0n) is 13.9. The Hall–Kier alpha value is -1.41. The summed E-state index contributed by atoms with van der Waals surface area (Å²) in [6.45, 7) is 0. The Kier molecular flexibility index (Phi) is 4.11. The third kappa shape index (κ3) is 3.01. The van der Waals surface area contributed by atoms with E-state index in [1.165, 1.54) is 57.8 Å². The van der Waals surface area contributed by atoms with Crippen molar-refractivity contribution in [3.8, 4) is 6.07 Å². The van der Waals surface area contributed by atoms with E-state index in [-0.39, 0.29) is 0 Å². The van der Waals surface area contributed by atoms with Crippen LogP contribution in [0.4, 0.5) is 0 Å². The van der Waals surface area contributed by atoms with Crippen molar-refractivity contribution in [3.63, 3.8) is 0 Å². The molecule has 1 heterocycles. The highest BCUT2D eigenvalue weighted by atomic mass is 15.5. The fraction of sp³-hybridized carbons (Fsp3) is 0.833. The lowest BCUT2D eigenvalue weighted by molar-refractivity contribution is 0.249. The molecule has 5 nitrogen and oxygen atoms in total. The minimum absolute atomic E-state index is 0.321. The highest BCUT2D eigenvalue weighted by Gasteiger charge is 2.47. The monoisotopic (exact) mass is 313 g/mol. The second kappa shape index (κ2) is 6.24. The molecular formula is C18H27N5. The third-order valence-corrected chi connectivity index (χ3v) is 6.09. The zero-order valence-corrected chi connectivity index (χ0v) is 13.9. The Morgan fingerprint density at radius 3 is 2.48 bits per heavy atom. The average molecular weight is 313 g/mol. The number of rotatable bonds is 5. The first-order valence-corrected chi connectivity index (χ1v) is 9.41. The van der Waals surface area contributed by atoms with Crippen LogP contribution < -0.4 is 5.32 Å². The van der Waals surface area contributed by atoms with Gasteiger partial charge in [0, 0.05) is 6.04 Å². The Morgan fingerprint density at radius 2 is 1.83 bits per heavy atom. The third-order valence-electron chi connectivity index (χ3n) is 6.09. The van der Waals surface area contributed by atoms with Gasteiger partial charge in [0.05, 0.1) is 24.0 Å². The van der Waals surface area contributed by atoms with Crippen molar-refractivity contribution in [2.45, 2.75) is 88.3 Å². The van der Waals surface area contributed by atoms with Gasteiger partial charge in [-0.05, 0) is 44.4 Å². The molecule has 1 aromatic rings. The first-order chi connectivity index (χ1) is 11.3. The van der Waals surface area contributed by atoms with Gasteiger partial charge in [-0.1, -0.05) is 37.3 Å². The molecule has 0 radical (unpaired) electrons. The van der Waals surface area contributed by atoms with Gasteiger partial charge < -0.3 is 5.32 Å². The van der Waals surface area contributed by atoms with Crippen LogP contribution in [0.1, 0.15) is 82.4 Å². The molecule has 124 valence electrons. The Balaban J connectivity index is 1.55. The first-order valence-electron chi connectivity index (χ1n) is 9.41. The maximum absolute atomic E-state index is 9.38. The smallest absolute Gasteiger partial charge is 0.150 e. The van der Waals surface area contributed by atoms with Crippen molar-refractivity contribution in [1.29, 1.82) is 5.26 Å². The van der Waals surface area contributed by atoms with Crippen molar-refractivity contribution >= 4 is 0 Å². The molecular weight excluding hydrogens is 286 g/mol. The van der Waals surface area contributed by atoms with Gasteiger partial charge in [-0.25, -0.2) is 4.68 Å². The minimum Gasteiger partial charge on any atom is -0.305 e. The second-order valence-electron chi connectivity index (χ2n) is 7.76. The predicted molar refractivity (Wildman–Crippen MR) is 87.6 cm³/mol. The molecule has 1 unspecified atom stereocenters. The van der Waals surface area contributed by atoms with Crippen LogP contribution in [0.2, 0.25) is 0 Å². The molecule has 3 aliphatic carbocycles. The van der Waals surface area contributed by atoms with Crippen LogP contribution in [0.5, 0.6) is 0 Å². The summed E-state index contributed by atoms with van der Waals surface area (Å²) in [5.41, 5.74) is 0.667. The number of aromatic nitrogens is 3.